The topological polar surface area (TPSA) is 22.0 Å². The van der Waals surface area contributed by atoms with Crippen molar-refractivity contribution in [2.45, 2.75) is 20.4 Å². The Kier molecular flexibility index (Phi) is 3.79. The molecule has 0 aliphatic carbocycles. The number of fused-ring (bicyclic) bond motifs is 1. The Labute approximate surface area is 116 Å². The molecule has 18 heavy (non-hydrogen) atoms. The van der Waals surface area contributed by atoms with Crippen LogP contribution in [0.2, 0.25) is 10.0 Å². The molecule has 0 aliphatic rings. The monoisotopic (exact) mass is 281 g/mol. The molecule has 0 spiro atoms. The molecule has 0 fully saturated rings. The molecule has 0 amide bonds. The van der Waals surface area contributed by atoms with Crippen LogP contribution in [0.15, 0.2) is 29.8 Å². The molecule has 0 saturated carbocycles. The van der Waals surface area contributed by atoms with Gasteiger partial charge in [0.05, 0.1) is 10.5 Å². The standard InChI is InChI=1S/C14H13Cl2NO/c1-9(2)5-6-17-12-4-3-10(15)7-11(12)14(16)13(17)8-18/h3-5,7-8H,6H2,1-2H3. The number of carbonyl (C=O) groups is 1. The van der Waals surface area contributed by atoms with Crippen molar-refractivity contribution >= 4 is 40.4 Å². The number of rotatable bonds is 3. The van der Waals surface area contributed by atoms with Gasteiger partial charge >= 0.3 is 0 Å². The largest absolute Gasteiger partial charge is 0.333 e. The van der Waals surface area contributed by atoms with E-state index in [1.807, 2.05) is 24.5 Å². The van der Waals surface area contributed by atoms with E-state index < -0.39 is 0 Å². The summed E-state index contributed by atoms with van der Waals surface area (Å²) >= 11 is 12.2. The van der Waals surface area contributed by atoms with Crippen molar-refractivity contribution in [1.29, 1.82) is 0 Å². The van der Waals surface area contributed by atoms with Crippen LogP contribution in [0.1, 0.15) is 24.3 Å². The first-order valence-corrected chi connectivity index (χ1v) is 6.36. The summed E-state index contributed by atoms with van der Waals surface area (Å²) in [4.78, 5) is 11.2. The van der Waals surface area contributed by atoms with Crippen LogP contribution >= 0.6 is 23.2 Å². The zero-order valence-electron chi connectivity index (χ0n) is 10.2. The fraction of sp³-hybridized carbons (Fsp3) is 0.214. The second-order valence-corrected chi connectivity index (χ2v) is 5.19. The number of halogens is 2. The second-order valence-electron chi connectivity index (χ2n) is 4.37. The highest BCUT2D eigenvalue weighted by Gasteiger charge is 2.14. The average molecular weight is 282 g/mol. The maximum absolute atomic E-state index is 11.2. The number of hydrogen-bond donors (Lipinski definition) is 0. The Morgan fingerprint density at radius 3 is 2.67 bits per heavy atom. The van der Waals surface area contributed by atoms with E-state index in [0.717, 1.165) is 17.2 Å². The smallest absolute Gasteiger partial charge is 0.168 e. The van der Waals surface area contributed by atoms with Crippen LogP contribution in [-0.4, -0.2) is 10.9 Å². The summed E-state index contributed by atoms with van der Waals surface area (Å²) in [6.07, 6.45) is 2.84. The van der Waals surface area contributed by atoms with Crippen molar-refractivity contribution in [1.82, 2.24) is 4.57 Å². The van der Waals surface area contributed by atoms with E-state index in [1.165, 1.54) is 5.57 Å². The quantitative estimate of drug-likeness (QED) is 0.589. The van der Waals surface area contributed by atoms with Gasteiger partial charge in [-0.3, -0.25) is 4.79 Å². The maximum Gasteiger partial charge on any atom is 0.168 e. The van der Waals surface area contributed by atoms with Gasteiger partial charge in [-0.25, -0.2) is 0 Å². The molecule has 0 unspecified atom stereocenters. The number of carbonyl (C=O) groups excluding carboxylic acids is 1. The summed E-state index contributed by atoms with van der Waals surface area (Å²) < 4.78 is 1.90. The Balaban J connectivity index is 2.69. The van der Waals surface area contributed by atoms with Crippen LogP contribution in [-0.2, 0) is 6.54 Å². The first-order chi connectivity index (χ1) is 8.54. The summed E-state index contributed by atoms with van der Waals surface area (Å²) in [5.74, 6) is 0. The lowest BCUT2D eigenvalue weighted by atomic mass is 10.2. The molecule has 1 aromatic heterocycles. The fourth-order valence-electron chi connectivity index (χ4n) is 1.89. The zero-order valence-corrected chi connectivity index (χ0v) is 11.7. The summed E-state index contributed by atoms with van der Waals surface area (Å²) in [6, 6.07) is 5.47. The average Bonchev–Trinajstić information content (AvgIpc) is 2.59. The fourth-order valence-corrected chi connectivity index (χ4v) is 2.36. The Hall–Kier alpha value is -1.25. The molecule has 0 atom stereocenters. The first-order valence-electron chi connectivity index (χ1n) is 5.60. The molecule has 0 N–H and O–H groups in total. The lowest BCUT2D eigenvalue weighted by Crippen LogP contribution is -2.00. The maximum atomic E-state index is 11.2. The van der Waals surface area contributed by atoms with E-state index in [-0.39, 0.29) is 0 Å². The molecule has 0 saturated heterocycles. The Morgan fingerprint density at radius 2 is 2.06 bits per heavy atom. The highest BCUT2D eigenvalue weighted by Crippen LogP contribution is 2.31. The van der Waals surface area contributed by atoms with E-state index in [1.54, 1.807) is 12.1 Å². The molecule has 0 aliphatic heterocycles. The van der Waals surface area contributed by atoms with Crippen molar-refractivity contribution in [2.75, 3.05) is 0 Å². The van der Waals surface area contributed by atoms with E-state index in [0.29, 0.717) is 22.3 Å². The number of benzene rings is 1. The third-order valence-electron chi connectivity index (χ3n) is 2.80. The SMILES string of the molecule is CC(C)=CCn1c(C=O)c(Cl)c2cc(Cl)ccc21. The lowest BCUT2D eigenvalue weighted by Gasteiger charge is -2.04. The number of aromatic nitrogens is 1. The Bertz CT molecular complexity index is 637. The number of aldehydes is 1. The van der Waals surface area contributed by atoms with Crippen molar-refractivity contribution in [3.05, 3.63) is 45.6 Å². The van der Waals surface area contributed by atoms with Gasteiger partial charge in [-0.15, -0.1) is 0 Å². The molecule has 94 valence electrons. The number of hydrogen-bond acceptors (Lipinski definition) is 1. The highest BCUT2D eigenvalue weighted by molar-refractivity contribution is 6.39. The second kappa shape index (κ2) is 5.17. The first kappa shape index (κ1) is 13.2. The van der Waals surface area contributed by atoms with E-state index in [4.69, 9.17) is 23.2 Å². The van der Waals surface area contributed by atoms with Crippen molar-refractivity contribution < 1.29 is 4.79 Å². The third kappa shape index (κ3) is 2.31. The molecule has 1 heterocycles. The van der Waals surface area contributed by atoms with Crippen molar-refractivity contribution in [2.24, 2.45) is 0 Å². The number of nitrogens with zero attached hydrogens (tertiary/aromatic N) is 1. The number of allylic oxidation sites excluding steroid dienone is 2. The predicted molar refractivity (Wildman–Crippen MR) is 76.8 cm³/mol. The molecule has 4 heteroatoms. The van der Waals surface area contributed by atoms with E-state index >= 15 is 0 Å². The summed E-state index contributed by atoms with van der Waals surface area (Å²) in [5, 5.41) is 1.89. The highest BCUT2D eigenvalue weighted by atomic mass is 35.5. The minimum atomic E-state index is 0.463. The third-order valence-corrected chi connectivity index (χ3v) is 3.43. The van der Waals surface area contributed by atoms with Gasteiger partial charge in [0.15, 0.2) is 6.29 Å². The van der Waals surface area contributed by atoms with Gasteiger partial charge in [0.25, 0.3) is 0 Å². The van der Waals surface area contributed by atoms with E-state index in [2.05, 4.69) is 6.08 Å². The van der Waals surface area contributed by atoms with Crippen LogP contribution in [0, 0.1) is 0 Å². The van der Waals surface area contributed by atoms with Crippen LogP contribution in [0.25, 0.3) is 10.9 Å². The summed E-state index contributed by atoms with van der Waals surface area (Å²) in [6.45, 7) is 4.66. The van der Waals surface area contributed by atoms with Crippen molar-refractivity contribution in [3.8, 4) is 0 Å². The lowest BCUT2D eigenvalue weighted by molar-refractivity contribution is 0.111. The zero-order chi connectivity index (χ0) is 13.3. The van der Waals surface area contributed by atoms with Gasteiger partial charge in [0, 0.05) is 17.0 Å². The van der Waals surface area contributed by atoms with Crippen LogP contribution in [0.3, 0.4) is 0 Å². The van der Waals surface area contributed by atoms with Gasteiger partial charge < -0.3 is 4.57 Å². The normalized spacial score (nSPS) is 10.7. The van der Waals surface area contributed by atoms with Crippen LogP contribution in [0.4, 0.5) is 0 Å². The summed E-state index contributed by atoms with van der Waals surface area (Å²) in [7, 11) is 0. The molecule has 1 aromatic carbocycles. The van der Waals surface area contributed by atoms with Gasteiger partial charge in [-0.2, -0.15) is 0 Å². The molecule has 0 radical (unpaired) electrons. The van der Waals surface area contributed by atoms with Gasteiger partial charge in [-0.1, -0.05) is 34.9 Å². The molecule has 2 rings (SSSR count). The van der Waals surface area contributed by atoms with Crippen LogP contribution in [0.5, 0.6) is 0 Å². The van der Waals surface area contributed by atoms with E-state index in [9.17, 15) is 4.79 Å². The van der Waals surface area contributed by atoms with Crippen molar-refractivity contribution in [3.63, 3.8) is 0 Å². The minimum absolute atomic E-state index is 0.463. The van der Waals surface area contributed by atoms with Gasteiger partial charge in [-0.05, 0) is 32.0 Å². The Morgan fingerprint density at radius 1 is 1.33 bits per heavy atom. The molecular formula is C14H13Cl2NO. The van der Waals surface area contributed by atoms with Gasteiger partial charge in [0.2, 0.25) is 0 Å². The molecule has 2 nitrogen and oxygen atoms in total. The van der Waals surface area contributed by atoms with Crippen LogP contribution < -0.4 is 0 Å². The summed E-state index contributed by atoms with van der Waals surface area (Å²) in [5.41, 5.74) is 2.61. The minimum Gasteiger partial charge on any atom is -0.333 e. The molecule has 0 bridgehead atoms. The molecule has 2 aromatic rings. The predicted octanol–water partition coefficient (Wildman–Crippen LogP) is 4.73. The van der Waals surface area contributed by atoms with Gasteiger partial charge in [0.1, 0.15) is 5.69 Å². The molecular weight excluding hydrogens is 269 g/mol.